The average Bonchev–Trinajstić information content (AvgIpc) is 2.50. The molecule has 0 saturated heterocycles. The summed E-state index contributed by atoms with van der Waals surface area (Å²) < 4.78 is 32.8. The number of carbonyl (C=O) groups excluding carboxylic acids is 1. The standard InChI is InChI=1S/C17H10F2O2/c18-15-7-11(10-20)8-16(19)17(15)21-14-6-5-12-3-1-2-4-13(12)9-14/h1-10H. The summed E-state index contributed by atoms with van der Waals surface area (Å²) in [5, 5.41) is 1.91. The smallest absolute Gasteiger partial charge is 0.198 e. The van der Waals surface area contributed by atoms with Crippen LogP contribution in [-0.4, -0.2) is 6.29 Å². The lowest BCUT2D eigenvalue weighted by molar-refractivity contribution is 0.112. The maximum Gasteiger partial charge on any atom is 0.198 e. The van der Waals surface area contributed by atoms with Gasteiger partial charge in [0.25, 0.3) is 0 Å². The zero-order chi connectivity index (χ0) is 14.8. The van der Waals surface area contributed by atoms with Gasteiger partial charge in [-0.05, 0) is 35.0 Å². The van der Waals surface area contributed by atoms with E-state index >= 15 is 0 Å². The van der Waals surface area contributed by atoms with Crippen LogP contribution in [0.3, 0.4) is 0 Å². The summed E-state index contributed by atoms with van der Waals surface area (Å²) in [7, 11) is 0. The number of hydrogen-bond donors (Lipinski definition) is 0. The largest absolute Gasteiger partial charge is 0.451 e. The summed E-state index contributed by atoms with van der Waals surface area (Å²) in [6.45, 7) is 0. The van der Waals surface area contributed by atoms with E-state index in [1.807, 2.05) is 24.3 Å². The molecule has 0 aromatic heterocycles. The number of ether oxygens (including phenoxy) is 1. The summed E-state index contributed by atoms with van der Waals surface area (Å²) in [6, 6.07) is 14.6. The molecule has 3 aromatic carbocycles. The third kappa shape index (κ3) is 2.60. The Labute approximate surface area is 119 Å². The first-order chi connectivity index (χ1) is 10.2. The van der Waals surface area contributed by atoms with Crippen LogP contribution < -0.4 is 4.74 Å². The van der Waals surface area contributed by atoms with E-state index in [9.17, 15) is 13.6 Å². The molecule has 3 rings (SSSR count). The maximum atomic E-state index is 13.8. The molecule has 0 spiro atoms. The first-order valence-electron chi connectivity index (χ1n) is 6.28. The van der Waals surface area contributed by atoms with Crippen LogP contribution in [0.15, 0.2) is 54.6 Å². The van der Waals surface area contributed by atoms with Gasteiger partial charge in [-0.2, -0.15) is 0 Å². The van der Waals surface area contributed by atoms with Gasteiger partial charge < -0.3 is 4.74 Å². The van der Waals surface area contributed by atoms with E-state index < -0.39 is 17.4 Å². The van der Waals surface area contributed by atoms with Crippen molar-refractivity contribution < 1.29 is 18.3 Å². The lowest BCUT2D eigenvalue weighted by Gasteiger charge is -2.09. The van der Waals surface area contributed by atoms with Crippen molar-refractivity contribution in [2.24, 2.45) is 0 Å². The van der Waals surface area contributed by atoms with Crippen LogP contribution in [0.1, 0.15) is 10.4 Å². The zero-order valence-corrected chi connectivity index (χ0v) is 10.8. The van der Waals surface area contributed by atoms with Gasteiger partial charge in [0.05, 0.1) is 0 Å². The number of halogens is 2. The second-order valence-electron chi connectivity index (χ2n) is 4.54. The third-order valence-corrected chi connectivity index (χ3v) is 3.10. The lowest BCUT2D eigenvalue weighted by atomic mass is 10.1. The topological polar surface area (TPSA) is 26.3 Å². The van der Waals surface area contributed by atoms with Gasteiger partial charge in [0.1, 0.15) is 12.0 Å². The fourth-order valence-corrected chi connectivity index (χ4v) is 2.09. The average molecular weight is 284 g/mol. The summed E-state index contributed by atoms with van der Waals surface area (Å²) in [4.78, 5) is 10.6. The van der Waals surface area contributed by atoms with Gasteiger partial charge in [0.15, 0.2) is 17.4 Å². The van der Waals surface area contributed by atoms with Crippen molar-refractivity contribution in [1.82, 2.24) is 0 Å². The van der Waals surface area contributed by atoms with E-state index in [1.165, 1.54) is 0 Å². The second kappa shape index (κ2) is 5.32. The molecule has 21 heavy (non-hydrogen) atoms. The van der Waals surface area contributed by atoms with E-state index in [1.54, 1.807) is 18.2 Å². The molecule has 0 bridgehead atoms. The first kappa shape index (κ1) is 13.2. The monoisotopic (exact) mass is 284 g/mol. The predicted octanol–water partition coefficient (Wildman–Crippen LogP) is 4.72. The molecule has 2 nitrogen and oxygen atoms in total. The molecule has 0 heterocycles. The minimum Gasteiger partial charge on any atom is -0.451 e. The second-order valence-corrected chi connectivity index (χ2v) is 4.54. The number of fused-ring (bicyclic) bond motifs is 1. The Morgan fingerprint density at radius 3 is 2.19 bits per heavy atom. The maximum absolute atomic E-state index is 13.8. The quantitative estimate of drug-likeness (QED) is 0.650. The zero-order valence-electron chi connectivity index (χ0n) is 10.8. The summed E-state index contributed by atoms with van der Waals surface area (Å²) >= 11 is 0. The Kier molecular flexibility index (Phi) is 3.36. The molecule has 0 unspecified atom stereocenters. The highest BCUT2D eigenvalue weighted by Gasteiger charge is 2.13. The predicted molar refractivity (Wildman–Crippen MR) is 75.8 cm³/mol. The Balaban J connectivity index is 2.00. The number of aldehydes is 1. The van der Waals surface area contributed by atoms with E-state index in [0.29, 0.717) is 12.0 Å². The van der Waals surface area contributed by atoms with E-state index in [0.717, 1.165) is 22.9 Å². The Bertz CT molecular complexity index is 805. The lowest BCUT2D eigenvalue weighted by Crippen LogP contribution is -1.95. The Morgan fingerprint density at radius 1 is 0.857 bits per heavy atom. The van der Waals surface area contributed by atoms with Crippen molar-refractivity contribution in [2.45, 2.75) is 0 Å². The summed E-state index contributed by atoms with van der Waals surface area (Å²) in [5.74, 6) is -2.02. The highest BCUT2D eigenvalue weighted by atomic mass is 19.1. The van der Waals surface area contributed by atoms with Gasteiger partial charge >= 0.3 is 0 Å². The molecule has 3 aromatic rings. The molecule has 0 amide bonds. The van der Waals surface area contributed by atoms with Crippen molar-refractivity contribution in [2.75, 3.05) is 0 Å². The summed E-state index contributed by atoms with van der Waals surface area (Å²) in [5.41, 5.74) is -0.0733. The molecule has 0 fully saturated rings. The van der Waals surface area contributed by atoms with Gasteiger partial charge in [-0.3, -0.25) is 4.79 Å². The van der Waals surface area contributed by atoms with Gasteiger partial charge in [-0.15, -0.1) is 0 Å². The molecule has 0 aliphatic rings. The van der Waals surface area contributed by atoms with Crippen molar-refractivity contribution in [3.05, 3.63) is 71.8 Å². The highest BCUT2D eigenvalue weighted by Crippen LogP contribution is 2.30. The third-order valence-electron chi connectivity index (χ3n) is 3.10. The number of hydrogen-bond acceptors (Lipinski definition) is 2. The van der Waals surface area contributed by atoms with Crippen molar-refractivity contribution in [3.8, 4) is 11.5 Å². The molecule has 0 atom stereocenters. The molecule has 0 aliphatic carbocycles. The highest BCUT2D eigenvalue weighted by molar-refractivity contribution is 5.83. The van der Waals surface area contributed by atoms with Gasteiger partial charge in [0, 0.05) is 5.56 Å². The molecular formula is C17H10F2O2. The fraction of sp³-hybridized carbons (Fsp3) is 0. The van der Waals surface area contributed by atoms with Crippen LogP contribution in [0, 0.1) is 11.6 Å². The van der Waals surface area contributed by atoms with Crippen LogP contribution in [-0.2, 0) is 0 Å². The Morgan fingerprint density at radius 2 is 1.52 bits per heavy atom. The van der Waals surface area contributed by atoms with Crippen molar-refractivity contribution in [1.29, 1.82) is 0 Å². The number of rotatable bonds is 3. The van der Waals surface area contributed by atoms with Crippen LogP contribution >= 0.6 is 0 Å². The van der Waals surface area contributed by atoms with Crippen LogP contribution in [0.4, 0.5) is 8.78 Å². The minimum atomic E-state index is -0.912. The molecule has 104 valence electrons. The molecule has 4 heteroatoms. The van der Waals surface area contributed by atoms with Crippen LogP contribution in [0.2, 0.25) is 0 Å². The normalized spacial score (nSPS) is 10.6. The number of carbonyl (C=O) groups is 1. The van der Waals surface area contributed by atoms with Gasteiger partial charge in [-0.1, -0.05) is 30.3 Å². The minimum absolute atomic E-state index is 0.0733. The van der Waals surface area contributed by atoms with Crippen molar-refractivity contribution in [3.63, 3.8) is 0 Å². The van der Waals surface area contributed by atoms with Crippen LogP contribution in [0.5, 0.6) is 11.5 Å². The summed E-state index contributed by atoms with van der Waals surface area (Å²) in [6.07, 6.45) is 0.381. The molecular weight excluding hydrogens is 274 g/mol. The SMILES string of the molecule is O=Cc1cc(F)c(Oc2ccc3ccccc3c2)c(F)c1. The molecule has 0 N–H and O–H groups in total. The molecule has 0 radical (unpaired) electrons. The molecule has 0 saturated carbocycles. The van der Waals surface area contributed by atoms with E-state index in [2.05, 4.69) is 0 Å². The van der Waals surface area contributed by atoms with E-state index in [-0.39, 0.29) is 5.56 Å². The van der Waals surface area contributed by atoms with Gasteiger partial charge in [-0.25, -0.2) is 8.78 Å². The van der Waals surface area contributed by atoms with E-state index in [4.69, 9.17) is 4.74 Å². The van der Waals surface area contributed by atoms with Crippen molar-refractivity contribution >= 4 is 17.1 Å². The number of benzene rings is 3. The molecule has 0 aliphatic heterocycles. The van der Waals surface area contributed by atoms with Crippen LogP contribution in [0.25, 0.3) is 10.8 Å². The first-order valence-corrected chi connectivity index (χ1v) is 6.28. The fourth-order valence-electron chi connectivity index (χ4n) is 2.09. The Hall–Kier alpha value is -2.75. The van der Waals surface area contributed by atoms with Gasteiger partial charge in [0.2, 0.25) is 0 Å².